The predicted octanol–water partition coefficient (Wildman–Crippen LogP) is 4.26. The molecule has 0 saturated carbocycles. The number of benzene rings is 2. The van der Waals surface area contributed by atoms with Crippen LogP contribution >= 0.6 is 0 Å². The van der Waals surface area contributed by atoms with Gasteiger partial charge in [-0.25, -0.2) is 0 Å². The highest BCUT2D eigenvalue weighted by molar-refractivity contribution is 5.77. The van der Waals surface area contributed by atoms with Gasteiger partial charge in [-0.05, 0) is 42.4 Å². The van der Waals surface area contributed by atoms with Crippen LogP contribution in [0.25, 0.3) is 5.57 Å². The Labute approximate surface area is 196 Å². The van der Waals surface area contributed by atoms with Crippen LogP contribution in [0.3, 0.4) is 0 Å². The summed E-state index contributed by atoms with van der Waals surface area (Å²) in [4.78, 5) is 2.26. The molecule has 6 heteroatoms. The SMILES string of the molecule is COc1cc(OC)c(C2=CCN(CC(O)COC3CCCc4ccccc43)CC2)c(OC)c1. The summed E-state index contributed by atoms with van der Waals surface area (Å²) in [5.41, 5.74) is 4.82. The molecule has 1 aliphatic carbocycles. The van der Waals surface area contributed by atoms with Gasteiger partial charge in [0, 0.05) is 31.8 Å². The van der Waals surface area contributed by atoms with Crippen molar-refractivity contribution in [2.24, 2.45) is 0 Å². The van der Waals surface area contributed by atoms with E-state index in [-0.39, 0.29) is 6.10 Å². The fraction of sp³-hybridized carbons (Fsp3) is 0.481. The molecule has 1 aliphatic heterocycles. The Kier molecular flexibility index (Phi) is 7.91. The van der Waals surface area contributed by atoms with E-state index >= 15 is 0 Å². The molecular formula is C27H35NO5. The number of nitrogens with zero attached hydrogens (tertiary/aromatic N) is 1. The van der Waals surface area contributed by atoms with Crippen molar-refractivity contribution in [3.8, 4) is 17.2 Å². The van der Waals surface area contributed by atoms with Crippen molar-refractivity contribution in [2.45, 2.75) is 37.9 Å². The molecule has 2 aliphatic rings. The molecule has 0 bridgehead atoms. The highest BCUT2D eigenvalue weighted by atomic mass is 16.5. The summed E-state index contributed by atoms with van der Waals surface area (Å²) in [5.74, 6) is 2.19. The van der Waals surface area contributed by atoms with Gasteiger partial charge in [0.2, 0.25) is 0 Å². The fourth-order valence-electron chi connectivity index (χ4n) is 4.89. The maximum absolute atomic E-state index is 10.6. The van der Waals surface area contributed by atoms with Crippen molar-refractivity contribution in [3.05, 3.63) is 59.2 Å². The van der Waals surface area contributed by atoms with Crippen molar-refractivity contribution in [2.75, 3.05) is 47.6 Å². The Bertz CT molecular complexity index is 948. The monoisotopic (exact) mass is 453 g/mol. The number of hydrogen-bond donors (Lipinski definition) is 1. The minimum atomic E-state index is -0.515. The average Bonchev–Trinajstić information content (AvgIpc) is 2.87. The largest absolute Gasteiger partial charge is 0.496 e. The molecule has 2 atom stereocenters. The van der Waals surface area contributed by atoms with Crippen LogP contribution in [0.15, 0.2) is 42.5 Å². The third kappa shape index (κ3) is 5.52. The number of aliphatic hydroxyl groups excluding tert-OH is 1. The molecule has 0 fully saturated rings. The molecule has 4 rings (SSSR count). The minimum Gasteiger partial charge on any atom is -0.496 e. The lowest BCUT2D eigenvalue weighted by Crippen LogP contribution is -2.37. The lowest BCUT2D eigenvalue weighted by Gasteiger charge is -2.30. The van der Waals surface area contributed by atoms with Crippen LogP contribution < -0.4 is 14.2 Å². The van der Waals surface area contributed by atoms with Crippen molar-refractivity contribution in [3.63, 3.8) is 0 Å². The molecule has 1 N–H and O–H groups in total. The lowest BCUT2D eigenvalue weighted by atomic mass is 9.89. The molecule has 6 nitrogen and oxygen atoms in total. The zero-order valence-electron chi connectivity index (χ0n) is 19.9. The van der Waals surface area contributed by atoms with Gasteiger partial charge in [-0.1, -0.05) is 30.3 Å². The molecule has 33 heavy (non-hydrogen) atoms. The molecule has 0 saturated heterocycles. The molecule has 2 aromatic carbocycles. The van der Waals surface area contributed by atoms with Gasteiger partial charge in [0.05, 0.1) is 45.7 Å². The van der Waals surface area contributed by atoms with Gasteiger partial charge < -0.3 is 24.1 Å². The number of rotatable bonds is 9. The summed E-state index contributed by atoms with van der Waals surface area (Å²) in [6.07, 6.45) is 5.89. The number of fused-ring (bicyclic) bond motifs is 1. The summed E-state index contributed by atoms with van der Waals surface area (Å²) in [6, 6.07) is 12.3. The van der Waals surface area contributed by atoms with E-state index in [9.17, 15) is 5.11 Å². The standard InChI is InChI=1S/C27H35NO5/c1-30-22-15-25(31-2)27(26(16-22)32-3)20-11-13-28(14-12-20)17-21(29)18-33-24-10-6-8-19-7-4-5-9-23(19)24/h4-5,7,9,11,15-16,21,24,29H,6,8,10,12-14,17-18H2,1-3H3. The van der Waals surface area contributed by atoms with Gasteiger partial charge in [0.15, 0.2) is 0 Å². The molecule has 0 radical (unpaired) electrons. The topological polar surface area (TPSA) is 60.4 Å². The summed E-state index contributed by atoms with van der Waals surface area (Å²) >= 11 is 0. The Morgan fingerprint density at radius 2 is 1.79 bits per heavy atom. The quantitative estimate of drug-likeness (QED) is 0.612. The van der Waals surface area contributed by atoms with Crippen molar-refractivity contribution in [1.29, 1.82) is 0 Å². The molecule has 0 amide bonds. The minimum absolute atomic E-state index is 0.0902. The number of hydrogen-bond acceptors (Lipinski definition) is 6. The smallest absolute Gasteiger partial charge is 0.133 e. The van der Waals surface area contributed by atoms with E-state index in [0.29, 0.717) is 18.9 Å². The molecule has 1 heterocycles. The third-order valence-corrected chi connectivity index (χ3v) is 6.60. The zero-order chi connectivity index (χ0) is 23.2. The van der Waals surface area contributed by atoms with Gasteiger partial charge in [-0.2, -0.15) is 0 Å². The number of aliphatic hydroxyl groups is 1. The number of β-amino-alcohol motifs (C(OH)–C–C–N with tert-alkyl or cyclic N) is 1. The average molecular weight is 454 g/mol. The molecule has 0 spiro atoms. The van der Waals surface area contributed by atoms with E-state index in [1.807, 2.05) is 12.1 Å². The first kappa shape index (κ1) is 23.6. The molecule has 0 aromatic heterocycles. The summed E-state index contributed by atoms with van der Waals surface area (Å²) in [5, 5.41) is 10.6. The van der Waals surface area contributed by atoms with Crippen LogP contribution in [0.5, 0.6) is 17.2 Å². The van der Waals surface area contributed by atoms with E-state index < -0.39 is 6.10 Å². The normalized spacial score (nSPS) is 19.4. The Morgan fingerprint density at radius 3 is 2.45 bits per heavy atom. The highest BCUT2D eigenvalue weighted by Crippen LogP contribution is 2.41. The summed E-state index contributed by atoms with van der Waals surface area (Å²) in [7, 11) is 4.96. The maximum Gasteiger partial charge on any atom is 0.133 e. The van der Waals surface area contributed by atoms with Crippen LogP contribution in [0.1, 0.15) is 42.1 Å². The van der Waals surface area contributed by atoms with Crippen LogP contribution in [0, 0.1) is 0 Å². The lowest BCUT2D eigenvalue weighted by molar-refractivity contribution is -0.0272. The van der Waals surface area contributed by atoms with Crippen molar-refractivity contribution < 1.29 is 24.1 Å². The van der Waals surface area contributed by atoms with Crippen LogP contribution in [-0.4, -0.2) is 63.7 Å². The van der Waals surface area contributed by atoms with E-state index in [1.54, 1.807) is 21.3 Å². The number of aryl methyl sites for hydroxylation is 1. The summed E-state index contributed by atoms with van der Waals surface area (Å²) < 4.78 is 22.7. The van der Waals surface area contributed by atoms with E-state index in [0.717, 1.165) is 55.8 Å². The molecule has 2 aromatic rings. The molecule has 178 valence electrons. The Morgan fingerprint density at radius 1 is 1.03 bits per heavy atom. The van der Waals surface area contributed by atoms with Gasteiger partial charge in [0.25, 0.3) is 0 Å². The second-order valence-corrected chi connectivity index (χ2v) is 8.71. The van der Waals surface area contributed by atoms with Gasteiger partial charge >= 0.3 is 0 Å². The van der Waals surface area contributed by atoms with Gasteiger partial charge in [0.1, 0.15) is 17.2 Å². The van der Waals surface area contributed by atoms with Crippen LogP contribution in [0.2, 0.25) is 0 Å². The van der Waals surface area contributed by atoms with Gasteiger partial charge in [-0.3, -0.25) is 4.90 Å². The predicted molar refractivity (Wildman–Crippen MR) is 129 cm³/mol. The zero-order valence-corrected chi connectivity index (χ0v) is 19.9. The van der Waals surface area contributed by atoms with E-state index in [1.165, 1.54) is 16.7 Å². The third-order valence-electron chi connectivity index (χ3n) is 6.60. The van der Waals surface area contributed by atoms with Crippen molar-refractivity contribution >= 4 is 5.57 Å². The fourth-order valence-corrected chi connectivity index (χ4v) is 4.89. The summed E-state index contributed by atoms with van der Waals surface area (Å²) in [6.45, 7) is 2.56. The van der Waals surface area contributed by atoms with E-state index in [2.05, 4.69) is 35.2 Å². The van der Waals surface area contributed by atoms with Crippen LogP contribution in [-0.2, 0) is 11.2 Å². The second kappa shape index (κ2) is 11.1. The first-order valence-electron chi connectivity index (χ1n) is 11.7. The Hall–Kier alpha value is -2.54. The Balaban J connectivity index is 1.34. The van der Waals surface area contributed by atoms with Gasteiger partial charge in [-0.15, -0.1) is 0 Å². The second-order valence-electron chi connectivity index (χ2n) is 8.71. The molecular weight excluding hydrogens is 418 g/mol. The number of methoxy groups -OCH3 is 3. The first-order chi connectivity index (χ1) is 16.1. The van der Waals surface area contributed by atoms with Crippen LogP contribution in [0.4, 0.5) is 0 Å². The number of ether oxygens (including phenoxy) is 4. The van der Waals surface area contributed by atoms with E-state index in [4.69, 9.17) is 18.9 Å². The highest BCUT2D eigenvalue weighted by Gasteiger charge is 2.24. The first-order valence-corrected chi connectivity index (χ1v) is 11.7. The molecule has 2 unspecified atom stereocenters. The maximum atomic E-state index is 10.6. The van der Waals surface area contributed by atoms with Crippen molar-refractivity contribution in [1.82, 2.24) is 4.90 Å².